The van der Waals surface area contributed by atoms with E-state index in [4.69, 9.17) is 0 Å². The quantitative estimate of drug-likeness (QED) is 0.855. The maximum atomic E-state index is 12.0. The zero-order valence-corrected chi connectivity index (χ0v) is 11.5. The van der Waals surface area contributed by atoms with Crippen molar-refractivity contribution in [2.75, 3.05) is 6.54 Å². The van der Waals surface area contributed by atoms with E-state index in [0.717, 1.165) is 25.7 Å². The van der Waals surface area contributed by atoms with Gasteiger partial charge in [-0.2, -0.15) is 0 Å². The van der Waals surface area contributed by atoms with Gasteiger partial charge in [-0.1, -0.05) is 37.3 Å². The van der Waals surface area contributed by atoms with Gasteiger partial charge in [0.15, 0.2) is 0 Å². The zero-order valence-electron chi connectivity index (χ0n) is 11.5. The van der Waals surface area contributed by atoms with Crippen LogP contribution in [-0.4, -0.2) is 23.7 Å². The fraction of sp³-hybridized carbons (Fsp3) is 0.562. The van der Waals surface area contributed by atoms with Crippen LogP contribution in [0, 0.1) is 5.92 Å². The minimum absolute atomic E-state index is 0.0133. The van der Waals surface area contributed by atoms with Gasteiger partial charge in [0, 0.05) is 12.5 Å². The molecular weight excluding hydrogens is 238 g/mol. The van der Waals surface area contributed by atoms with Crippen molar-refractivity contribution >= 4 is 5.91 Å². The number of aliphatic hydroxyl groups excluding tert-OH is 1. The number of hydrogen-bond acceptors (Lipinski definition) is 2. The molecule has 0 saturated heterocycles. The van der Waals surface area contributed by atoms with Crippen LogP contribution in [0.2, 0.25) is 0 Å². The molecule has 0 aliphatic heterocycles. The summed E-state index contributed by atoms with van der Waals surface area (Å²) in [6.45, 7) is 2.79. The lowest BCUT2D eigenvalue weighted by Crippen LogP contribution is -2.36. The Morgan fingerprint density at radius 3 is 2.68 bits per heavy atom. The maximum absolute atomic E-state index is 12.0. The number of benzene rings is 1. The first-order valence-electron chi connectivity index (χ1n) is 7.23. The number of carbonyl (C=O) groups excluding carboxylic acids is 1. The molecule has 1 aliphatic carbocycles. The van der Waals surface area contributed by atoms with Crippen LogP contribution in [0.1, 0.15) is 44.1 Å². The lowest BCUT2D eigenvalue weighted by molar-refractivity contribution is -0.127. The summed E-state index contributed by atoms with van der Waals surface area (Å²) in [4.78, 5) is 12.0. The van der Waals surface area contributed by atoms with E-state index in [1.165, 1.54) is 5.56 Å². The van der Waals surface area contributed by atoms with E-state index in [1.807, 2.05) is 18.2 Å². The Balaban J connectivity index is 1.88. The number of carbonyl (C=O) groups is 1. The van der Waals surface area contributed by atoms with Crippen molar-refractivity contribution in [2.45, 2.75) is 44.6 Å². The van der Waals surface area contributed by atoms with Gasteiger partial charge in [0.25, 0.3) is 0 Å². The summed E-state index contributed by atoms with van der Waals surface area (Å²) in [5.74, 6) is 0.163. The van der Waals surface area contributed by atoms with Crippen molar-refractivity contribution in [1.82, 2.24) is 5.32 Å². The molecule has 0 bridgehead atoms. The molecule has 3 unspecified atom stereocenters. The third-order valence-corrected chi connectivity index (χ3v) is 4.10. The van der Waals surface area contributed by atoms with Gasteiger partial charge in [0.1, 0.15) is 0 Å². The molecule has 1 saturated carbocycles. The first kappa shape index (κ1) is 14.1. The van der Waals surface area contributed by atoms with Crippen molar-refractivity contribution in [3.8, 4) is 0 Å². The zero-order chi connectivity index (χ0) is 13.7. The standard InChI is InChI=1S/C16H23NO2/c1-2-12(13-7-4-3-5-8-13)11-17-16(19)14-9-6-10-15(14)18/h3-5,7-8,12,14-15,18H,2,6,9-11H2,1H3,(H,17,19). The minimum Gasteiger partial charge on any atom is -0.392 e. The molecule has 104 valence electrons. The van der Waals surface area contributed by atoms with Gasteiger partial charge in [-0.05, 0) is 31.2 Å². The van der Waals surface area contributed by atoms with E-state index in [0.29, 0.717) is 12.5 Å². The topological polar surface area (TPSA) is 49.3 Å². The van der Waals surface area contributed by atoms with Gasteiger partial charge in [-0.25, -0.2) is 0 Å². The average molecular weight is 261 g/mol. The van der Waals surface area contributed by atoms with E-state index in [1.54, 1.807) is 0 Å². The monoisotopic (exact) mass is 261 g/mol. The molecule has 2 N–H and O–H groups in total. The van der Waals surface area contributed by atoms with Gasteiger partial charge in [0.2, 0.25) is 5.91 Å². The third-order valence-electron chi connectivity index (χ3n) is 4.10. The molecule has 0 aromatic heterocycles. The second-order valence-electron chi connectivity index (χ2n) is 5.37. The predicted molar refractivity (Wildman–Crippen MR) is 75.8 cm³/mol. The SMILES string of the molecule is CCC(CNC(=O)C1CCCC1O)c1ccccc1. The Labute approximate surface area is 115 Å². The average Bonchev–Trinajstić information content (AvgIpc) is 2.87. The van der Waals surface area contributed by atoms with Crippen LogP contribution in [0.15, 0.2) is 30.3 Å². The Morgan fingerprint density at radius 1 is 1.37 bits per heavy atom. The van der Waals surface area contributed by atoms with Crippen molar-refractivity contribution in [1.29, 1.82) is 0 Å². The highest BCUT2D eigenvalue weighted by Gasteiger charge is 2.31. The molecule has 0 radical (unpaired) electrons. The summed E-state index contributed by atoms with van der Waals surface area (Å²) < 4.78 is 0. The minimum atomic E-state index is -0.447. The summed E-state index contributed by atoms with van der Waals surface area (Å²) in [6, 6.07) is 10.3. The summed E-state index contributed by atoms with van der Waals surface area (Å²) >= 11 is 0. The fourth-order valence-corrected chi connectivity index (χ4v) is 2.82. The number of hydrogen-bond donors (Lipinski definition) is 2. The first-order chi connectivity index (χ1) is 9.22. The number of amides is 1. The van der Waals surface area contributed by atoms with E-state index in [-0.39, 0.29) is 11.8 Å². The van der Waals surface area contributed by atoms with Crippen LogP contribution in [0.3, 0.4) is 0 Å². The Bertz CT molecular complexity index is 404. The molecule has 3 nitrogen and oxygen atoms in total. The second kappa shape index (κ2) is 6.71. The third kappa shape index (κ3) is 3.57. The molecule has 1 aliphatic rings. The van der Waals surface area contributed by atoms with Gasteiger partial charge >= 0.3 is 0 Å². The Morgan fingerprint density at radius 2 is 2.11 bits per heavy atom. The highest BCUT2D eigenvalue weighted by molar-refractivity contribution is 5.79. The maximum Gasteiger partial charge on any atom is 0.225 e. The Hall–Kier alpha value is -1.35. The van der Waals surface area contributed by atoms with Crippen LogP contribution < -0.4 is 5.32 Å². The molecule has 0 heterocycles. The highest BCUT2D eigenvalue weighted by Crippen LogP contribution is 2.26. The molecule has 1 aromatic rings. The van der Waals surface area contributed by atoms with E-state index in [2.05, 4.69) is 24.4 Å². The van der Waals surface area contributed by atoms with E-state index < -0.39 is 6.10 Å². The van der Waals surface area contributed by atoms with Gasteiger partial charge in [-0.3, -0.25) is 4.79 Å². The van der Waals surface area contributed by atoms with Crippen molar-refractivity contribution in [3.63, 3.8) is 0 Å². The number of aliphatic hydroxyl groups is 1. The summed E-state index contributed by atoms with van der Waals surface area (Å²) in [5, 5.41) is 12.7. The largest absolute Gasteiger partial charge is 0.392 e. The summed E-state index contributed by atoms with van der Waals surface area (Å²) in [5.41, 5.74) is 1.26. The van der Waals surface area contributed by atoms with Crippen molar-refractivity contribution in [2.24, 2.45) is 5.92 Å². The van der Waals surface area contributed by atoms with E-state index in [9.17, 15) is 9.90 Å². The van der Waals surface area contributed by atoms with Crippen molar-refractivity contribution in [3.05, 3.63) is 35.9 Å². The lowest BCUT2D eigenvalue weighted by Gasteiger charge is -2.19. The lowest BCUT2D eigenvalue weighted by atomic mass is 9.96. The Kier molecular flexibility index (Phi) is 4.97. The fourth-order valence-electron chi connectivity index (χ4n) is 2.82. The van der Waals surface area contributed by atoms with Crippen LogP contribution in [-0.2, 0) is 4.79 Å². The molecule has 0 spiro atoms. The number of rotatable bonds is 5. The normalized spacial score (nSPS) is 24.1. The van der Waals surface area contributed by atoms with Crippen LogP contribution in [0.4, 0.5) is 0 Å². The summed E-state index contributed by atoms with van der Waals surface area (Å²) in [6.07, 6.45) is 3.08. The summed E-state index contributed by atoms with van der Waals surface area (Å²) in [7, 11) is 0. The molecule has 1 fully saturated rings. The van der Waals surface area contributed by atoms with E-state index >= 15 is 0 Å². The predicted octanol–water partition coefficient (Wildman–Crippen LogP) is 2.46. The van der Waals surface area contributed by atoms with Gasteiger partial charge < -0.3 is 10.4 Å². The van der Waals surface area contributed by atoms with Gasteiger partial charge in [-0.15, -0.1) is 0 Å². The smallest absolute Gasteiger partial charge is 0.225 e. The number of nitrogens with one attached hydrogen (secondary N) is 1. The van der Waals surface area contributed by atoms with Crippen LogP contribution in [0.5, 0.6) is 0 Å². The second-order valence-corrected chi connectivity index (χ2v) is 5.37. The van der Waals surface area contributed by atoms with Gasteiger partial charge in [0.05, 0.1) is 12.0 Å². The molecule has 1 amide bonds. The van der Waals surface area contributed by atoms with Crippen LogP contribution >= 0.6 is 0 Å². The molecule has 1 aromatic carbocycles. The first-order valence-corrected chi connectivity index (χ1v) is 7.23. The molecule has 19 heavy (non-hydrogen) atoms. The molecule has 2 rings (SSSR count). The molecular formula is C16H23NO2. The molecule has 3 atom stereocenters. The molecule has 3 heteroatoms. The highest BCUT2D eigenvalue weighted by atomic mass is 16.3. The van der Waals surface area contributed by atoms with Crippen molar-refractivity contribution < 1.29 is 9.90 Å². The van der Waals surface area contributed by atoms with Crippen LogP contribution in [0.25, 0.3) is 0 Å².